The maximum Gasteiger partial charge on any atom is 0.268 e. The van der Waals surface area contributed by atoms with Gasteiger partial charge in [-0.25, -0.2) is 17.5 Å². The first-order chi connectivity index (χ1) is 17.6. The summed E-state index contributed by atoms with van der Waals surface area (Å²) in [6, 6.07) is 9.99. The molecule has 5 N–H and O–H groups in total. The lowest BCUT2D eigenvalue weighted by Crippen LogP contribution is -2.31. The lowest BCUT2D eigenvalue weighted by Gasteiger charge is -2.16. The molecule has 194 valence electrons. The second-order valence-electron chi connectivity index (χ2n) is 8.24. The Balaban J connectivity index is 1.53. The maximum atomic E-state index is 13.5. The number of hydrogen-bond donors (Lipinski definition) is 5. The van der Waals surface area contributed by atoms with Crippen LogP contribution >= 0.6 is 23.2 Å². The molecule has 0 aliphatic heterocycles. The van der Waals surface area contributed by atoms with Gasteiger partial charge in [-0.1, -0.05) is 41.4 Å². The lowest BCUT2D eigenvalue weighted by molar-refractivity contribution is 0.0911. The number of aliphatic hydroxyl groups excluding tert-OH is 1. The molecular formula is C24H22Cl2FN5O4S. The number of carbonyl (C=O) groups excluding carboxylic acids is 1. The van der Waals surface area contributed by atoms with Gasteiger partial charge in [0.1, 0.15) is 11.5 Å². The van der Waals surface area contributed by atoms with Crippen LogP contribution in [0.5, 0.6) is 0 Å². The third-order valence-electron chi connectivity index (χ3n) is 5.58. The van der Waals surface area contributed by atoms with Crippen molar-refractivity contribution in [3.8, 4) is 22.4 Å². The standard InChI is InChI=1S/C24H22Cl2FN5O4S/c1-37(35,36)30-10-15-3-2-13(6-18(15)25)17-11-29-32-23(17)16-8-21(28-9-16)24(34)31-22(12-33)14-4-5-20(27)19(26)7-14/h2-9,11,22,28,30,33H,10,12H2,1H3,(H,29,32)(H,31,34)/t22-/m1/s1. The van der Waals surface area contributed by atoms with Gasteiger partial charge in [0, 0.05) is 28.9 Å². The number of benzene rings is 2. The van der Waals surface area contributed by atoms with E-state index in [2.05, 4.69) is 25.2 Å². The molecule has 0 saturated heterocycles. The van der Waals surface area contributed by atoms with Gasteiger partial charge in [0.15, 0.2) is 0 Å². The average Bonchev–Trinajstić information content (AvgIpc) is 3.52. The molecule has 13 heteroatoms. The number of nitrogens with zero attached hydrogens (tertiary/aromatic N) is 1. The fraction of sp³-hybridized carbons (Fsp3) is 0.167. The highest BCUT2D eigenvalue weighted by atomic mass is 35.5. The van der Waals surface area contributed by atoms with E-state index in [1.54, 1.807) is 36.7 Å². The molecule has 37 heavy (non-hydrogen) atoms. The van der Waals surface area contributed by atoms with Crippen LogP contribution in [0.3, 0.4) is 0 Å². The van der Waals surface area contributed by atoms with Crippen LogP contribution in [-0.4, -0.2) is 47.5 Å². The first kappa shape index (κ1) is 26.8. The molecular weight excluding hydrogens is 544 g/mol. The zero-order chi connectivity index (χ0) is 26.7. The summed E-state index contributed by atoms with van der Waals surface area (Å²) in [5.74, 6) is -1.09. The highest BCUT2D eigenvalue weighted by Gasteiger charge is 2.19. The number of sulfonamides is 1. The van der Waals surface area contributed by atoms with E-state index in [-0.39, 0.29) is 17.3 Å². The Morgan fingerprint density at radius 3 is 2.59 bits per heavy atom. The molecule has 4 aromatic rings. The summed E-state index contributed by atoms with van der Waals surface area (Å²) in [6.45, 7) is -0.353. The normalized spacial score (nSPS) is 12.5. The van der Waals surface area contributed by atoms with Crippen molar-refractivity contribution in [2.75, 3.05) is 12.9 Å². The Hall–Kier alpha value is -3.22. The summed E-state index contributed by atoms with van der Waals surface area (Å²) in [5.41, 5.74) is 4.00. The second kappa shape index (κ2) is 11.0. The second-order valence-corrected chi connectivity index (χ2v) is 10.9. The van der Waals surface area contributed by atoms with Gasteiger partial charge in [-0.15, -0.1) is 0 Å². The van der Waals surface area contributed by atoms with E-state index >= 15 is 0 Å². The van der Waals surface area contributed by atoms with E-state index < -0.39 is 34.4 Å². The smallest absolute Gasteiger partial charge is 0.268 e. The highest BCUT2D eigenvalue weighted by Crippen LogP contribution is 2.33. The molecule has 1 amide bonds. The van der Waals surface area contributed by atoms with Gasteiger partial charge in [-0.05, 0) is 41.0 Å². The van der Waals surface area contributed by atoms with Crippen molar-refractivity contribution < 1.29 is 22.7 Å². The van der Waals surface area contributed by atoms with Crippen molar-refractivity contribution in [2.24, 2.45) is 0 Å². The molecule has 2 heterocycles. The molecule has 0 aliphatic carbocycles. The fourth-order valence-electron chi connectivity index (χ4n) is 3.66. The number of halogens is 3. The first-order valence-corrected chi connectivity index (χ1v) is 13.5. The molecule has 0 aliphatic rings. The minimum atomic E-state index is -3.36. The van der Waals surface area contributed by atoms with Crippen LogP contribution in [0.15, 0.2) is 54.9 Å². The number of H-pyrrole nitrogens is 2. The number of carbonyl (C=O) groups is 1. The molecule has 0 saturated carbocycles. The largest absolute Gasteiger partial charge is 0.394 e. The van der Waals surface area contributed by atoms with E-state index in [9.17, 15) is 22.7 Å². The molecule has 0 bridgehead atoms. The average molecular weight is 566 g/mol. The van der Waals surface area contributed by atoms with Crippen LogP contribution in [0.4, 0.5) is 4.39 Å². The third kappa shape index (κ3) is 6.38. The first-order valence-electron chi connectivity index (χ1n) is 10.9. The molecule has 1 atom stereocenters. The summed E-state index contributed by atoms with van der Waals surface area (Å²) in [5, 5.41) is 19.7. The van der Waals surface area contributed by atoms with E-state index in [4.69, 9.17) is 23.2 Å². The Labute approximate surface area is 222 Å². The van der Waals surface area contributed by atoms with Crippen molar-refractivity contribution >= 4 is 39.1 Å². The minimum Gasteiger partial charge on any atom is -0.394 e. The van der Waals surface area contributed by atoms with Crippen LogP contribution in [-0.2, 0) is 16.6 Å². The van der Waals surface area contributed by atoms with E-state index in [1.165, 1.54) is 18.2 Å². The molecule has 4 rings (SSSR count). The zero-order valence-corrected chi connectivity index (χ0v) is 21.7. The molecule has 0 spiro atoms. The predicted octanol–water partition coefficient (Wildman–Crippen LogP) is 4.03. The van der Waals surface area contributed by atoms with Gasteiger partial charge in [0.25, 0.3) is 5.91 Å². The third-order valence-corrected chi connectivity index (χ3v) is 6.89. The van der Waals surface area contributed by atoms with E-state index in [0.29, 0.717) is 33.0 Å². The molecule has 9 nitrogen and oxygen atoms in total. The van der Waals surface area contributed by atoms with E-state index in [0.717, 1.165) is 11.8 Å². The maximum absolute atomic E-state index is 13.5. The van der Waals surface area contributed by atoms with Crippen LogP contribution in [0.2, 0.25) is 10.0 Å². The Bertz CT molecular complexity index is 1550. The molecule has 2 aromatic carbocycles. The summed E-state index contributed by atoms with van der Waals surface area (Å²) >= 11 is 12.2. The summed E-state index contributed by atoms with van der Waals surface area (Å²) in [6.07, 6.45) is 4.31. The van der Waals surface area contributed by atoms with Crippen LogP contribution in [0.25, 0.3) is 22.4 Å². The van der Waals surface area contributed by atoms with E-state index in [1.807, 2.05) is 0 Å². The van der Waals surface area contributed by atoms with Gasteiger partial charge in [0.05, 0.1) is 35.8 Å². The number of nitrogens with one attached hydrogen (secondary N) is 4. The quantitative estimate of drug-likeness (QED) is 0.208. The number of aromatic nitrogens is 3. The molecule has 2 aromatic heterocycles. The monoisotopic (exact) mass is 565 g/mol. The van der Waals surface area contributed by atoms with Crippen molar-refractivity contribution in [2.45, 2.75) is 12.6 Å². The van der Waals surface area contributed by atoms with Crippen molar-refractivity contribution in [3.63, 3.8) is 0 Å². The van der Waals surface area contributed by atoms with Crippen molar-refractivity contribution in [1.82, 2.24) is 25.2 Å². The number of hydrogen-bond acceptors (Lipinski definition) is 5. The van der Waals surface area contributed by atoms with Gasteiger partial charge in [-0.2, -0.15) is 5.10 Å². The minimum absolute atomic E-state index is 0.0609. The highest BCUT2D eigenvalue weighted by molar-refractivity contribution is 7.88. The summed E-state index contributed by atoms with van der Waals surface area (Å²) in [4.78, 5) is 15.7. The van der Waals surface area contributed by atoms with Gasteiger partial charge >= 0.3 is 0 Å². The Morgan fingerprint density at radius 2 is 1.92 bits per heavy atom. The zero-order valence-electron chi connectivity index (χ0n) is 19.3. The van der Waals surface area contributed by atoms with Crippen LogP contribution < -0.4 is 10.0 Å². The number of amides is 1. The van der Waals surface area contributed by atoms with Gasteiger partial charge in [-0.3, -0.25) is 9.89 Å². The Morgan fingerprint density at radius 1 is 1.14 bits per heavy atom. The van der Waals surface area contributed by atoms with Gasteiger partial charge < -0.3 is 15.4 Å². The topological polar surface area (TPSA) is 140 Å². The molecule has 0 fully saturated rings. The SMILES string of the molecule is CS(=O)(=O)NCc1ccc(-c2cn[nH]c2-c2c[nH]c(C(=O)N[C@H](CO)c3ccc(F)c(Cl)c3)c2)cc1Cl. The number of aromatic amines is 2. The van der Waals surface area contributed by atoms with Gasteiger partial charge in [0.2, 0.25) is 10.0 Å². The lowest BCUT2D eigenvalue weighted by atomic mass is 10.0. The summed E-state index contributed by atoms with van der Waals surface area (Å²) in [7, 11) is -3.36. The Kier molecular flexibility index (Phi) is 8.00. The van der Waals surface area contributed by atoms with Crippen LogP contribution in [0, 0.1) is 5.82 Å². The predicted molar refractivity (Wildman–Crippen MR) is 139 cm³/mol. The molecule has 0 radical (unpaired) electrons. The van der Waals surface area contributed by atoms with Crippen molar-refractivity contribution in [1.29, 1.82) is 0 Å². The van der Waals surface area contributed by atoms with Crippen LogP contribution in [0.1, 0.15) is 27.7 Å². The van der Waals surface area contributed by atoms with Crippen molar-refractivity contribution in [3.05, 3.63) is 87.5 Å². The molecule has 0 unspecified atom stereocenters. The number of rotatable bonds is 9. The summed E-state index contributed by atoms with van der Waals surface area (Å²) < 4.78 is 38.6. The number of aliphatic hydroxyl groups is 1. The fourth-order valence-corrected chi connectivity index (χ4v) is 4.52.